The number of ether oxygens (including phenoxy) is 1. The SMILES string of the molecule is CC(C)(C)OC(=O)c1nc(N2CCc3cccc(C(=O)Nc4nc5ccccc5s4)c3C2)ccc1-c1cn(Cc2ccccc2)c2cnccc12. The van der Waals surface area contributed by atoms with Crippen molar-refractivity contribution in [1.29, 1.82) is 0 Å². The van der Waals surface area contributed by atoms with Gasteiger partial charge in [0.15, 0.2) is 10.8 Å². The summed E-state index contributed by atoms with van der Waals surface area (Å²) in [6.07, 6.45) is 6.41. The van der Waals surface area contributed by atoms with Crippen molar-refractivity contribution >= 4 is 55.3 Å². The van der Waals surface area contributed by atoms with Gasteiger partial charge in [-0.25, -0.2) is 14.8 Å². The zero-order chi connectivity index (χ0) is 35.1. The molecular formula is C41H36N6O3S. The molecule has 0 fully saturated rings. The number of anilines is 2. The zero-order valence-electron chi connectivity index (χ0n) is 28.6. The van der Waals surface area contributed by atoms with Crippen LogP contribution in [-0.2, 0) is 24.2 Å². The number of amides is 1. The van der Waals surface area contributed by atoms with Gasteiger partial charge in [-0.1, -0.05) is 65.9 Å². The van der Waals surface area contributed by atoms with Gasteiger partial charge in [0.1, 0.15) is 11.4 Å². The van der Waals surface area contributed by atoms with E-state index in [0.717, 1.165) is 49.8 Å². The van der Waals surface area contributed by atoms with Crippen LogP contribution >= 0.6 is 11.3 Å². The molecule has 7 aromatic rings. The van der Waals surface area contributed by atoms with Gasteiger partial charge >= 0.3 is 5.97 Å². The Bertz CT molecular complexity index is 2400. The summed E-state index contributed by atoms with van der Waals surface area (Å²) in [5, 5.41) is 4.55. The Morgan fingerprint density at radius 1 is 0.902 bits per heavy atom. The molecule has 1 amide bonds. The van der Waals surface area contributed by atoms with E-state index in [4.69, 9.17) is 9.72 Å². The number of hydrogen-bond acceptors (Lipinski definition) is 8. The van der Waals surface area contributed by atoms with Gasteiger partial charge in [0.2, 0.25) is 0 Å². The minimum Gasteiger partial charge on any atom is -0.455 e. The largest absolute Gasteiger partial charge is 0.455 e. The van der Waals surface area contributed by atoms with E-state index in [1.807, 2.05) is 99.8 Å². The fourth-order valence-electron chi connectivity index (χ4n) is 6.67. The smallest absolute Gasteiger partial charge is 0.358 e. The third-order valence-electron chi connectivity index (χ3n) is 9.00. The summed E-state index contributed by atoms with van der Waals surface area (Å²) in [7, 11) is 0. The van der Waals surface area contributed by atoms with Gasteiger partial charge in [0.25, 0.3) is 5.91 Å². The highest BCUT2D eigenvalue weighted by Gasteiger charge is 2.28. The quantitative estimate of drug-likeness (QED) is 0.167. The lowest BCUT2D eigenvalue weighted by molar-refractivity contribution is 0.00638. The van der Waals surface area contributed by atoms with Crippen molar-refractivity contribution in [1.82, 2.24) is 19.5 Å². The predicted octanol–water partition coefficient (Wildman–Crippen LogP) is 8.53. The van der Waals surface area contributed by atoms with E-state index in [-0.39, 0.29) is 11.6 Å². The third-order valence-corrected chi connectivity index (χ3v) is 9.95. The van der Waals surface area contributed by atoms with E-state index < -0.39 is 11.6 Å². The molecule has 8 rings (SSSR count). The second kappa shape index (κ2) is 13.1. The summed E-state index contributed by atoms with van der Waals surface area (Å²) in [5.41, 5.74) is 6.70. The molecule has 254 valence electrons. The standard InChI is InChI=1S/C41H36N6O3S/c1-41(2,3)50-39(49)37-29(32-25-47(23-26-10-5-4-6-11-26)34-22-42-20-18-28(32)34)16-17-36(44-37)46-21-19-27-12-9-13-30(31(27)24-46)38(48)45-40-43-33-14-7-8-15-35(33)51-40/h4-18,20,22,25H,19,21,23-24H2,1-3H3,(H,43,45,48). The number of rotatable bonds is 7. The number of para-hydroxylation sites is 1. The molecule has 0 spiro atoms. The molecule has 1 aliphatic rings. The van der Waals surface area contributed by atoms with Crippen molar-refractivity contribution in [3.63, 3.8) is 0 Å². The van der Waals surface area contributed by atoms with E-state index in [0.29, 0.717) is 41.7 Å². The molecule has 1 aliphatic heterocycles. The number of carbonyl (C=O) groups is 2. The number of thiazole rings is 1. The number of nitrogens with one attached hydrogen (secondary N) is 1. The van der Waals surface area contributed by atoms with E-state index >= 15 is 0 Å². The highest BCUT2D eigenvalue weighted by molar-refractivity contribution is 7.22. The van der Waals surface area contributed by atoms with Crippen LogP contribution in [0.15, 0.2) is 110 Å². The Labute approximate surface area is 299 Å². The lowest BCUT2D eigenvalue weighted by atomic mass is 9.94. The molecule has 10 heteroatoms. The lowest BCUT2D eigenvalue weighted by Crippen LogP contribution is -2.33. The maximum absolute atomic E-state index is 13.9. The molecule has 4 aromatic heterocycles. The Hall–Kier alpha value is -5.87. The average Bonchev–Trinajstić information content (AvgIpc) is 3.71. The Balaban J connectivity index is 1.14. The fourth-order valence-corrected chi connectivity index (χ4v) is 7.53. The van der Waals surface area contributed by atoms with Crippen molar-refractivity contribution in [3.05, 3.63) is 138 Å². The normalized spacial score (nSPS) is 13.0. The molecule has 3 aromatic carbocycles. The minimum absolute atomic E-state index is 0.202. The summed E-state index contributed by atoms with van der Waals surface area (Å²) in [6, 6.07) is 29.8. The molecule has 0 saturated heterocycles. The van der Waals surface area contributed by atoms with Gasteiger partial charge in [0.05, 0.1) is 21.9 Å². The average molecular weight is 693 g/mol. The van der Waals surface area contributed by atoms with Crippen LogP contribution in [0.5, 0.6) is 0 Å². The van der Waals surface area contributed by atoms with Gasteiger partial charge in [-0.05, 0) is 80.3 Å². The first-order valence-electron chi connectivity index (χ1n) is 16.9. The van der Waals surface area contributed by atoms with Crippen molar-refractivity contribution < 1.29 is 14.3 Å². The van der Waals surface area contributed by atoms with Gasteiger partial charge in [-0.15, -0.1) is 0 Å². The van der Waals surface area contributed by atoms with Crippen LogP contribution in [0, 0.1) is 0 Å². The second-order valence-electron chi connectivity index (χ2n) is 13.7. The number of fused-ring (bicyclic) bond motifs is 3. The minimum atomic E-state index is -0.715. The molecule has 1 N–H and O–H groups in total. The van der Waals surface area contributed by atoms with Crippen molar-refractivity contribution in [3.8, 4) is 11.1 Å². The Kier molecular flexibility index (Phi) is 8.31. The molecule has 5 heterocycles. The fraction of sp³-hybridized carbons (Fsp3) is 0.195. The van der Waals surface area contributed by atoms with Crippen LogP contribution < -0.4 is 10.2 Å². The predicted molar refractivity (Wildman–Crippen MR) is 202 cm³/mol. The van der Waals surface area contributed by atoms with Crippen LogP contribution in [0.25, 0.3) is 32.2 Å². The van der Waals surface area contributed by atoms with Gasteiger partial charge < -0.3 is 14.2 Å². The highest BCUT2D eigenvalue weighted by atomic mass is 32.1. The van der Waals surface area contributed by atoms with Crippen LogP contribution in [0.4, 0.5) is 10.9 Å². The second-order valence-corrected chi connectivity index (χ2v) is 14.7. The molecule has 9 nitrogen and oxygen atoms in total. The maximum atomic E-state index is 13.9. The van der Waals surface area contributed by atoms with E-state index in [1.54, 1.807) is 6.20 Å². The highest BCUT2D eigenvalue weighted by Crippen LogP contribution is 2.36. The summed E-state index contributed by atoms with van der Waals surface area (Å²) < 4.78 is 9.10. The van der Waals surface area contributed by atoms with Crippen molar-refractivity contribution in [2.24, 2.45) is 0 Å². The number of pyridine rings is 2. The summed E-state index contributed by atoms with van der Waals surface area (Å²) >= 11 is 1.45. The summed E-state index contributed by atoms with van der Waals surface area (Å²) in [4.78, 5) is 43.7. The van der Waals surface area contributed by atoms with Crippen LogP contribution in [0.3, 0.4) is 0 Å². The number of hydrogen-bond donors (Lipinski definition) is 1. The van der Waals surface area contributed by atoms with Gasteiger partial charge in [0, 0.05) is 54.1 Å². The molecule has 0 saturated carbocycles. The van der Waals surface area contributed by atoms with Gasteiger partial charge in [-0.2, -0.15) is 0 Å². The van der Waals surface area contributed by atoms with Crippen molar-refractivity contribution in [2.45, 2.75) is 45.9 Å². The van der Waals surface area contributed by atoms with E-state index in [1.165, 1.54) is 11.3 Å². The molecule has 0 unspecified atom stereocenters. The van der Waals surface area contributed by atoms with Crippen LogP contribution in [0.1, 0.15) is 58.3 Å². The lowest BCUT2D eigenvalue weighted by Gasteiger charge is -2.31. The van der Waals surface area contributed by atoms with Gasteiger partial charge in [-0.3, -0.25) is 15.1 Å². The number of carbonyl (C=O) groups excluding carboxylic acids is 2. The zero-order valence-corrected chi connectivity index (χ0v) is 29.4. The molecule has 0 aliphatic carbocycles. The molecule has 51 heavy (non-hydrogen) atoms. The summed E-state index contributed by atoms with van der Waals surface area (Å²) in [5.74, 6) is -0.0566. The first kappa shape index (κ1) is 32.3. The summed E-state index contributed by atoms with van der Waals surface area (Å²) in [6.45, 7) is 7.36. The number of nitrogens with zero attached hydrogens (tertiary/aromatic N) is 5. The monoisotopic (exact) mass is 692 g/mol. The number of aromatic nitrogens is 4. The van der Waals surface area contributed by atoms with E-state index in [9.17, 15) is 9.59 Å². The molecule has 0 bridgehead atoms. The topological polar surface area (TPSA) is 102 Å². The maximum Gasteiger partial charge on any atom is 0.358 e. The molecule has 0 atom stereocenters. The van der Waals surface area contributed by atoms with Crippen LogP contribution in [0.2, 0.25) is 0 Å². The third kappa shape index (κ3) is 6.58. The van der Waals surface area contributed by atoms with Crippen molar-refractivity contribution in [2.75, 3.05) is 16.8 Å². The van der Waals surface area contributed by atoms with Crippen LogP contribution in [-0.4, -0.2) is 43.5 Å². The molecule has 0 radical (unpaired) electrons. The Morgan fingerprint density at radius 2 is 1.73 bits per heavy atom. The Morgan fingerprint density at radius 3 is 2.55 bits per heavy atom. The number of benzene rings is 3. The van der Waals surface area contributed by atoms with E-state index in [2.05, 4.69) is 49.1 Å². The first-order valence-corrected chi connectivity index (χ1v) is 17.8. The number of esters is 1. The molecular weight excluding hydrogens is 657 g/mol. The first-order chi connectivity index (χ1) is 24.7.